The van der Waals surface area contributed by atoms with E-state index >= 15 is 0 Å². The minimum absolute atomic E-state index is 0.0463. The number of hydrogen-bond acceptors (Lipinski definition) is 4. The molecule has 0 bridgehead atoms. The van der Waals surface area contributed by atoms with Gasteiger partial charge in [-0.3, -0.25) is 9.48 Å². The van der Waals surface area contributed by atoms with Gasteiger partial charge in [-0.1, -0.05) is 12.8 Å². The van der Waals surface area contributed by atoms with Gasteiger partial charge in [0.05, 0.1) is 12.0 Å². The molecule has 1 saturated carbocycles. The van der Waals surface area contributed by atoms with Gasteiger partial charge in [0, 0.05) is 13.6 Å². The molecule has 6 heteroatoms. The lowest BCUT2D eigenvalue weighted by molar-refractivity contribution is -0.130. The summed E-state index contributed by atoms with van der Waals surface area (Å²) < 4.78 is 1.62. The minimum Gasteiger partial charge on any atom is -0.348 e. The fourth-order valence-corrected chi connectivity index (χ4v) is 2.39. The molecular formula is C11H19N5O. The number of nitrogens with one attached hydrogen (secondary N) is 1. The van der Waals surface area contributed by atoms with Crippen molar-refractivity contribution in [2.75, 3.05) is 6.54 Å². The van der Waals surface area contributed by atoms with Gasteiger partial charge in [-0.15, -0.1) is 0 Å². The summed E-state index contributed by atoms with van der Waals surface area (Å²) in [6, 6.07) is 0. The van der Waals surface area contributed by atoms with E-state index in [-0.39, 0.29) is 11.3 Å². The summed E-state index contributed by atoms with van der Waals surface area (Å²) in [5.74, 6) is 0.677. The average Bonchev–Trinajstić information content (AvgIpc) is 2.95. The summed E-state index contributed by atoms with van der Waals surface area (Å²) in [6.07, 6.45) is 5.59. The predicted molar refractivity (Wildman–Crippen MR) is 62.8 cm³/mol. The van der Waals surface area contributed by atoms with E-state index in [1.165, 1.54) is 0 Å². The predicted octanol–water partition coefficient (Wildman–Crippen LogP) is -0.0496. The van der Waals surface area contributed by atoms with Crippen LogP contribution in [0, 0.1) is 5.41 Å². The van der Waals surface area contributed by atoms with E-state index in [2.05, 4.69) is 15.4 Å². The zero-order chi connectivity index (χ0) is 12.3. The number of rotatable bonds is 4. The summed E-state index contributed by atoms with van der Waals surface area (Å²) in [5.41, 5.74) is 5.39. The van der Waals surface area contributed by atoms with Gasteiger partial charge in [-0.25, -0.2) is 4.98 Å². The van der Waals surface area contributed by atoms with Gasteiger partial charge < -0.3 is 11.1 Å². The highest BCUT2D eigenvalue weighted by molar-refractivity contribution is 5.83. The third-order valence-corrected chi connectivity index (χ3v) is 3.49. The van der Waals surface area contributed by atoms with E-state index in [0.717, 1.165) is 25.7 Å². The van der Waals surface area contributed by atoms with Gasteiger partial charge in [0.15, 0.2) is 5.82 Å². The molecule has 0 saturated heterocycles. The molecule has 1 aliphatic carbocycles. The van der Waals surface area contributed by atoms with Crippen LogP contribution in [0.25, 0.3) is 0 Å². The Bertz CT molecular complexity index is 394. The quantitative estimate of drug-likeness (QED) is 0.768. The highest BCUT2D eigenvalue weighted by Gasteiger charge is 2.39. The van der Waals surface area contributed by atoms with Crippen LogP contribution < -0.4 is 11.1 Å². The number of hydrogen-bond donors (Lipinski definition) is 2. The lowest BCUT2D eigenvalue weighted by atomic mass is 9.85. The zero-order valence-corrected chi connectivity index (χ0v) is 10.1. The number of aryl methyl sites for hydroxylation is 1. The zero-order valence-electron chi connectivity index (χ0n) is 10.1. The van der Waals surface area contributed by atoms with Gasteiger partial charge in [0.2, 0.25) is 5.91 Å². The molecule has 1 aromatic heterocycles. The molecule has 0 radical (unpaired) electrons. The van der Waals surface area contributed by atoms with Crippen molar-refractivity contribution in [1.29, 1.82) is 0 Å². The van der Waals surface area contributed by atoms with E-state index in [4.69, 9.17) is 5.73 Å². The van der Waals surface area contributed by atoms with Crippen LogP contribution in [0.1, 0.15) is 31.5 Å². The van der Waals surface area contributed by atoms with Gasteiger partial charge in [-0.2, -0.15) is 5.10 Å². The molecule has 1 aromatic rings. The highest BCUT2D eigenvalue weighted by Crippen LogP contribution is 2.37. The largest absolute Gasteiger partial charge is 0.348 e. The maximum absolute atomic E-state index is 12.1. The van der Waals surface area contributed by atoms with Crippen LogP contribution in [-0.4, -0.2) is 27.2 Å². The smallest absolute Gasteiger partial charge is 0.227 e. The van der Waals surface area contributed by atoms with Crippen LogP contribution in [0.5, 0.6) is 0 Å². The monoisotopic (exact) mass is 237 g/mol. The molecule has 1 aliphatic rings. The third-order valence-electron chi connectivity index (χ3n) is 3.49. The number of nitrogens with two attached hydrogens (primary N) is 1. The molecule has 0 atom stereocenters. The van der Waals surface area contributed by atoms with Crippen molar-refractivity contribution in [3.05, 3.63) is 12.2 Å². The topological polar surface area (TPSA) is 85.8 Å². The van der Waals surface area contributed by atoms with Gasteiger partial charge in [-0.05, 0) is 12.8 Å². The molecule has 94 valence electrons. The second-order valence-corrected chi connectivity index (χ2v) is 4.71. The summed E-state index contributed by atoms with van der Waals surface area (Å²) in [6.45, 7) is 0.801. The molecule has 0 unspecified atom stereocenters. The standard InChI is InChI=1S/C11H19N5O/c1-16-8-14-9(15-16)6-13-10(17)11(7-12)4-2-3-5-11/h8H,2-7,12H2,1H3,(H,13,17). The van der Waals surface area contributed by atoms with Gasteiger partial charge in [0.25, 0.3) is 0 Å². The summed E-state index contributed by atoms with van der Waals surface area (Å²) in [7, 11) is 1.80. The Kier molecular flexibility index (Phi) is 3.42. The maximum atomic E-state index is 12.1. The Morgan fingerprint density at radius 3 is 2.82 bits per heavy atom. The van der Waals surface area contributed by atoms with E-state index in [9.17, 15) is 4.79 Å². The highest BCUT2D eigenvalue weighted by atomic mass is 16.2. The van der Waals surface area contributed by atoms with Crippen LogP contribution in [0.2, 0.25) is 0 Å². The Morgan fingerprint density at radius 2 is 2.29 bits per heavy atom. The second kappa shape index (κ2) is 4.83. The first-order valence-electron chi connectivity index (χ1n) is 5.99. The fraction of sp³-hybridized carbons (Fsp3) is 0.727. The normalized spacial score (nSPS) is 18.2. The van der Waals surface area contributed by atoms with Crippen LogP contribution in [0.3, 0.4) is 0 Å². The summed E-state index contributed by atoms with van der Waals surface area (Å²) in [4.78, 5) is 16.2. The molecule has 3 N–H and O–H groups in total. The van der Waals surface area contributed by atoms with Crippen molar-refractivity contribution in [3.8, 4) is 0 Å². The van der Waals surface area contributed by atoms with Crippen molar-refractivity contribution in [2.45, 2.75) is 32.2 Å². The van der Waals surface area contributed by atoms with Crippen LogP contribution in [0.15, 0.2) is 6.33 Å². The SMILES string of the molecule is Cn1cnc(CNC(=O)C2(CN)CCCC2)n1. The number of carbonyl (C=O) groups excluding carboxylic acids is 1. The Hall–Kier alpha value is -1.43. The average molecular weight is 237 g/mol. The van der Waals surface area contributed by atoms with E-state index in [0.29, 0.717) is 18.9 Å². The number of amides is 1. The molecule has 0 aliphatic heterocycles. The molecule has 0 spiro atoms. The van der Waals surface area contributed by atoms with Crippen molar-refractivity contribution in [2.24, 2.45) is 18.2 Å². The first-order valence-corrected chi connectivity index (χ1v) is 5.99. The molecule has 2 rings (SSSR count). The molecule has 1 fully saturated rings. The van der Waals surface area contributed by atoms with Gasteiger partial charge in [0.1, 0.15) is 6.33 Å². The first-order chi connectivity index (χ1) is 8.16. The number of nitrogens with zero attached hydrogens (tertiary/aromatic N) is 3. The van der Waals surface area contributed by atoms with Crippen molar-refractivity contribution >= 4 is 5.91 Å². The fourth-order valence-electron chi connectivity index (χ4n) is 2.39. The lowest BCUT2D eigenvalue weighted by Crippen LogP contribution is -2.44. The van der Waals surface area contributed by atoms with E-state index in [1.54, 1.807) is 18.1 Å². The molecule has 1 heterocycles. The van der Waals surface area contributed by atoms with Crippen LogP contribution in [0.4, 0.5) is 0 Å². The molecule has 17 heavy (non-hydrogen) atoms. The molecule has 1 amide bonds. The Morgan fingerprint density at radius 1 is 1.59 bits per heavy atom. The van der Waals surface area contributed by atoms with Crippen molar-refractivity contribution < 1.29 is 4.79 Å². The molecule has 6 nitrogen and oxygen atoms in total. The number of aromatic nitrogens is 3. The first kappa shape index (κ1) is 12.0. The van der Waals surface area contributed by atoms with Crippen molar-refractivity contribution in [1.82, 2.24) is 20.1 Å². The number of carbonyl (C=O) groups is 1. The summed E-state index contributed by atoms with van der Waals surface area (Å²) >= 11 is 0. The lowest BCUT2D eigenvalue weighted by Gasteiger charge is -2.25. The van der Waals surface area contributed by atoms with E-state index < -0.39 is 0 Å². The van der Waals surface area contributed by atoms with Crippen LogP contribution in [-0.2, 0) is 18.4 Å². The maximum Gasteiger partial charge on any atom is 0.227 e. The minimum atomic E-state index is -0.352. The Balaban J connectivity index is 1.92. The van der Waals surface area contributed by atoms with E-state index in [1.807, 2.05) is 0 Å². The molecular weight excluding hydrogens is 218 g/mol. The third kappa shape index (κ3) is 2.46. The van der Waals surface area contributed by atoms with Gasteiger partial charge >= 0.3 is 0 Å². The second-order valence-electron chi connectivity index (χ2n) is 4.71. The summed E-state index contributed by atoms with van der Waals surface area (Å²) in [5, 5.41) is 7.01. The van der Waals surface area contributed by atoms with Crippen molar-refractivity contribution in [3.63, 3.8) is 0 Å². The Labute approximate surface area is 101 Å². The molecule has 0 aromatic carbocycles. The van der Waals surface area contributed by atoms with Crippen LogP contribution >= 0.6 is 0 Å².